The molecule has 0 bridgehead atoms. The third-order valence-electron chi connectivity index (χ3n) is 6.78. The monoisotopic (exact) mass is 519 g/mol. The van der Waals surface area contributed by atoms with E-state index in [2.05, 4.69) is 15.2 Å². The number of carbonyl (C=O) groups is 2. The van der Waals surface area contributed by atoms with Gasteiger partial charge in [-0.05, 0) is 68.6 Å². The summed E-state index contributed by atoms with van der Waals surface area (Å²) in [6, 6.07) is 16.9. The summed E-state index contributed by atoms with van der Waals surface area (Å²) in [4.78, 5) is 32.5. The fraction of sp³-hybridized carbons (Fsp3) is 0.345. The molecule has 2 atom stereocenters. The molecular weight excluding hydrogens is 490 g/mol. The summed E-state index contributed by atoms with van der Waals surface area (Å²) in [5, 5.41) is 14.5. The molecule has 1 amide bonds. The highest BCUT2D eigenvalue weighted by atomic mass is 35.5. The largest absolute Gasteiger partial charge is 0.489 e. The summed E-state index contributed by atoms with van der Waals surface area (Å²) >= 11 is 6.42. The zero-order chi connectivity index (χ0) is 25.8. The highest BCUT2D eigenvalue weighted by Crippen LogP contribution is 2.34. The van der Waals surface area contributed by atoms with Crippen LogP contribution in [-0.2, 0) is 4.79 Å². The minimum Gasteiger partial charge on any atom is -0.489 e. The third kappa shape index (κ3) is 6.36. The van der Waals surface area contributed by atoms with Gasteiger partial charge in [0.05, 0.1) is 22.9 Å². The van der Waals surface area contributed by atoms with E-state index in [1.165, 1.54) is 0 Å². The number of halogens is 1. The second-order valence-corrected chi connectivity index (χ2v) is 10.1. The van der Waals surface area contributed by atoms with Crippen molar-refractivity contribution in [1.82, 2.24) is 15.2 Å². The van der Waals surface area contributed by atoms with Crippen molar-refractivity contribution in [2.75, 3.05) is 19.6 Å². The molecule has 2 aliphatic rings. The molecule has 1 aliphatic carbocycles. The van der Waals surface area contributed by atoms with Gasteiger partial charge in [-0.15, -0.1) is 0 Å². The van der Waals surface area contributed by atoms with Crippen LogP contribution >= 0.6 is 11.6 Å². The average Bonchev–Trinajstić information content (AvgIpc) is 3.60. The van der Waals surface area contributed by atoms with E-state index >= 15 is 0 Å². The number of aliphatic hydroxyl groups is 1. The van der Waals surface area contributed by atoms with Gasteiger partial charge >= 0.3 is 0 Å². The van der Waals surface area contributed by atoms with Crippen molar-refractivity contribution in [3.8, 4) is 17.0 Å². The molecule has 1 saturated carbocycles. The van der Waals surface area contributed by atoms with E-state index in [-0.39, 0.29) is 11.7 Å². The van der Waals surface area contributed by atoms with Crippen LogP contribution in [0, 0.1) is 0 Å². The van der Waals surface area contributed by atoms with Crippen molar-refractivity contribution < 1.29 is 19.4 Å². The number of hydrogen-bond donors (Lipinski definition) is 2. The molecule has 192 valence electrons. The molecule has 37 heavy (non-hydrogen) atoms. The Morgan fingerprint density at radius 3 is 2.49 bits per heavy atom. The number of nitrogens with zero attached hydrogens (tertiary/aromatic N) is 2. The van der Waals surface area contributed by atoms with Crippen LogP contribution in [0.5, 0.6) is 5.75 Å². The lowest BCUT2D eigenvalue weighted by atomic mass is 10.0. The number of carbonyl (C=O) groups excluding carboxylic acids is 2. The Hall–Kier alpha value is -3.26. The van der Waals surface area contributed by atoms with Crippen molar-refractivity contribution in [1.29, 1.82) is 0 Å². The summed E-state index contributed by atoms with van der Waals surface area (Å²) in [5.74, 6) is -0.824. The topological polar surface area (TPSA) is 91.8 Å². The molecule has 1 aromatic heterocycles. The van der Waals surface area contributed by atoms with Gasteiger partial charge in [0.2, 0.25) is 5.78 Å². The number of aliphatic hydroxyl groups excluding tert-OH is 1. The standard InChI is InChI=1S/C29H30ClN3O4/c30-23-17-21(10-13-26(23)37-22-11-12-22)27(34)25(18-33-15-3-4-16-33)32-29(36)28(35)20-8-6-19(7-9-20)24-5-1-2-14-31-24/h1-2,5-10,13-14,17,22,25,27,34H,3-4,11-12,15-16,18H2,(H,32,36)/t25-,27-/m1/s1. The maximum atomic E-state index is 13.0. The number of aromatic nitrogens is 1. The first kappa shape index (κ1) is 25.4. The molecule has 0 unspecified atom stereocenters. The van der Waals surface area contributed by atoms with Crippen molar-refractivity contribution in [2.24, 2.45) is 0 Å². The second-order valence-electron chi connectivity index (χ2n) is 9.66. The van der Waals surface area contributed by atoms with Gasteiger partial charge in [-0.2, -0.15) is 0 Å². The molecule has 8 heteroatoms. The van der Waals surface area contributed by atoms with Crippen LogP contribution in [0.4, 0.5) is 0 Å². The predicted octanol–water partition coefficient (Wildman–Crippen LogP) is 4.44. The van der Waals surface area contributed by atoms with Crippen LogP contribution in [0.1, 0.15) is 47.7 Å². The van der Waals surface area contributed by atoms with Crippen molar-refractivity contribution >= 4 is 23.3 Å². The first-order chi connectivity index (χ1) is 18.0. The minimum absolute atomic E-state index is 0.208. The summed E-state index contributed by atoms with van der Waals surface area (Å²) in [5.41, 5.74) is 2.47. The third-order valence-corrected chi connectivity index (χ3v) is 7.08. The fourth-order valence-corrected chi connectivity index (χ4v) is 4.79. The van der Waals surface area contributed by atoms with Gasteiger partial charge in [0.25, 0.3) is 5.91 Å². The average molecular weight is 520 g/mol. The SMILES string of the molecule is O=C(N[C@H](CN1CCCC1)[C@H](O)c1ccc(OC2CC2)c(Cl)c1)C(=O)c1ccc(-c2ccccn2)cc1. The molecule has 2 N–H and O–H groups in total. The number of ether oxygens (including phenoxy) is 1. The first-order valence-electron chi connectivity index (χ1n) is 12.7. The zero-order valence-corrected chi connectivity index (χ0v) is 21.2. The highest BCUT2D eigenvalue weighted by Gasteiger charge is 2.30. The van der Waals surface area contributed by atoms with Crippen LogP contribution in [-0.4, -0.2) is 58.5 Å². The molecule has 1 aliphatic heterocycles. The van der Waals surface area contributed by atoms with Crippen LogP contribution < -0.4 is 10.1 Å². The van der Waals surface area contributed by atoms with Gasteiger partial charge in [0.15, 0.2) is 0 Å². The van der Waals surface area contributed by atoms with Gasteiger partial charge in [-0.3, -0.25) is 14.6 Å². The molecule has 2 fully saturated rings. The molecule has 7 nitrogen and oxygen atoms in total. The van der Waals surface area contributed by atoms with E-state index in [4.69, 9.17) is 16.3 Å². The quantitative estimate of drug-likeness (QED) is 0.304. The minimum atomic E-state index is -1.05. The lowest BCUT2D eigenvalue weighted by Crippen LogP contribution is -2.48. The van der Waals surface area contributed by atoms with Crippen LogP contribution in [0.2, 0.25) is 5.02 Å². The van der Waals surface area contributed by atoms with Gasteiger partial charge in [-0.1, -0.05) is 48.0 Å². The maximum absolute atomic E-state index is 13.0. The molecule has 1 saturated heterocycles. The Kier molecular flexibility index (Phi) is 7.84. The Morgan fingerprint density at radius 2 is 1.84 bits per heavy atom. The van der Waals surface area contributed by atoms with E-state index in [0.29, 0.717) is 22.9 Å². The van der Waals surface area contributed by atoms with Crippen LogP contribution in [0.15, 0.2) is 66.9 Å². The van der Waals surface area contributed by atoms with Crippen molar-refractivity contribution in [2.45, 2.75) is 43.9 Å². The second kappa shape index (κ2) is 11.4. The lowest BCUT2D eigenvalue weighted by molar-refractivity contribution is -0.118. The normalized spacial score (nSPS) is 17.2. The Morgan fingerprint density at radius 1 is 1.08 bits per heavy atom. The van der Waals surface area contributed by atoms with Gasteiger partial charge < -0.3 is 20.1 Å². The maximum Gasteiger partial charge on any atom is 0.292 e. The Labute approximate surface area is 221 Å². The van der Waals surface area contributed by atoms with Crippen LogP contribution in [0.3, 0.4) is 0 Å². The summed E-state index contributed by atoms with van der Waals surface area (Å²) in [6.07, 6.45) is 5.04. The Balaban J connectivity index is 1.30. The number of rotatable bonds is 10. The molecular formula is C29H30ClN3O4. The van der Waals surface area contributed by atoms with Gasteiger partial charge in [0, 0.05) is 23.9 Å². The molecule has 5 rings (SSSR count). The summed E-state index contributed by atoms with van der Waals surface area (Å²) in [7, 11) is 0. The molecule has 0 spiro atoms. The lowest BCUT2D eigenvalue weighted by Gasteiger charge is -2.28. The predicted molar refractivity (Wildman–Crippen MR) is 142 cm³/mol. The van der Waals surface area contributed by atoms with E-state index in [1.807, 2.05) is 18.2 Å². The number of pyridine rings is 1. The van der Waals surface area contributed by atoms with E-state index in [9.17, 15) is 14.7 Å². The van der Waals surface area contributed by atoms with Gasteiger partial charge in [-0.25, -0.2) is 0 Å². The molecule has 0 radical (unpaired) electrons. The Bertz CT molecular complexity index is 1240. The molecule has 3 aromatic rings. The zero-order valence-electron chi connectivity index (χ0n) is 20.5. The number of ketones is 1. The number of Topliss-reactive ketones (excluding diaryl/α,β-unsaturated/α-hetero) is 1. The summed E-state index contributed by atoms with van der Waals surface area (Å²) in [6.45, 7) is 2.20. The van der Waals surface area contributed by atoms with Crippen molar-refractivity contribution in [3.05, 3.63) is 83.0 Å². The highest BCUT2D eigenvalue weighted by molar-refractivity contribution is 6.42. The molecule has 2 aromatic carbocycles. The van der Waals surface area contributed by atoms with Crippen LogP contribution in [0.25, 0.3) is 11.3 Å². The molecule has 2 heterocycles. The van der Waals surface area contributed by atoms with E-state index in [0.717, 1.165) is 50.0 Å². The fourth-order valence-electron chi connectivity index (χ4n) is 4.55. The number of nitrogens with one attached hydrogen (secondary N) is 1. The first-order valence-corrected chi connectivity index (χ1v) is 13.1. The van der Waals surface area contributed by atoms with E-state index < -0.39 is 23.8 Å². The smallest absolute Gasteiger partial charge is 0.292 e. The number of benzene rings is 2. The van der Waals surface area contributed by atoms with E-state index in [1.54, 1.807) is 48.7 Å². The number of likely N-dealkylation sites (tertiary alicyclic amines) is 1. The number of hydrogen-bond acceptors (Lipinski definition) is 6. The summed E-state index contributed by atoms with van der Waals surface area (Å²) < 4.78 is 5.80. The number of amides is 1. The van der Waals surface area contributed by atoms with Crippen molar-refractivity contribution in [3.63, 3.8) is 0 Å². The van der Waals surface area contributed by atoms with Gasteiger partial charge in [0.1, 0.15) is 11.9 Å².